The molecular formula is C21H23N3OS. The number of H-pyrrole nitrogens is 1. The standard InChI is InChI=1S/C21H23N3OS/c1-15-22-19(12-21(25)23-15)17-8-5-11-24(13-17)14-18-9-10-20(26-18)16-6-3-2-4-7-16/h2-4,6-7,9-10,12,17H,5,8,11,13-14H2,1H3,(H,22,23,25)/t17-/m0/s1. The summed E-state index contributed by atoms with van der Waals surface area (Å²) in [6, 6.07) is 16.7. The quantitative estimate of drug-likeness (QED) is 0.754. The zero-order valence-corrected chi connectivity index (χ0v) is 15.8. The zero-order valence-electron chi connectivity index (χ0n) is 14.9. The fraction of sp³-hybridized carbons (Fsp3) is 0.333. The van der Waals surface area contributed by atoms with Crippen molar-refractivity contribution in [2.45, 2.75) is 32.2 Å². The maximum absolute atomic E-state index is 11.8. The first-order chi connectivity index (χ1) is 12.7. The Bertz CT molecular complexity index is 932. The third-order valence-corrected chi connectivity index (χ3v) is 6.02. The van der Waals surface area contributed by atoms with Gasteiger partial charge in [-0.05, 0) is 44.0 Å². The van der Waals surface area contributed by atoms with Crippen LogP contribution in [0.5, 0.6) is 0 Å². The lowest BCUT2D eigenvalue weighted by atomic mass is 9.94. The first-order valence-corrected chi connectivity index (χ1v) is 9.93. The minimum Gasteiger partial charge on any atom is -0.311 e. The van der Waals surface area contributed by atoms with Gasteiger partial charge in [-0.15, -0.1) is 11.3 Å². The van der Waals surface area contributed by atoms with Crippen molar-refractivity contribution in [2.24, 2.45) is 0 Å². The summed E-state index contributed by atoms with van der Waals surface area (Å²) in [5.41, 5.74) is 2.17. The van der Waals surface area contributed by atoms with E-state index in [0.29, 0.717) is 11.7 Å². The highest BCUT2D eigenvalue weighted by Gasteiger charge is 2.23. The van der Waals surface area contributed by atoms with Gasteiger partial charge in [0.1, 0.15) is 5.82 Å². The van der Waals surface area contributed by atoms with Crippen molar-refractivity contribution >= 4 is 11.3 Å². The van der Waals surface area contributed by atoms with E-state index in [1.165, 1.54) is 15.3 Å². The molecule has 3 aromatic rings. The van der Waals surface area contributed by atoms with E-state index in [9.17, 15) is 4.79 Å². The second-order valence-corrected chi connectivity index (χ2v) is 8.13. The SMILES string of the molecule is Cc1nc([C@H]2CCCN(Cc3ccc(-c4ccccc4)s3)C2)cc(=O)[nH]1. The maximum atomic E-state index is 11.8. The average molecular weight is 366 g/mol. The van der Waals surface area contributed by atoms with Gasteiger partial charge in [0.05, 0.1) is 5.69 Å². The summed E-state index contributed by atoms with van der Waals surface area (Å²) >= 11 is 1.87. The van der Waals surface area contributed by atoms with E-state index < -0.39 is 0 Å². The molecule has 26 heavy (non-hydrogen) atoms. The smallest absolute Gasteiger partial charge is 0.251 e. The van der Waals surface area contributed by atoms with Crippen LogP contribution in [-0.2, 0) is 6.54 Å². The molecule has 3 heterocycles. The molecule has 1 aliphatic heterocycles. The van der Waals surface area contributed by atoms with Crippen LogP contribution in [0.15, 0.2) is 53.3 Å². The van der Waals surface area contributed by atoms with Gasteiger partial charge >= 0.3 is 0 Å². The Hall–Kier alpha value is -2.24. The van der Waals surface area contributed by atoms with Crippen LogP contribution >= 0.6 is 11.3 Å². The third-order valence-electron chi connectivity index (χ3n) is 4.90. The normalized spacial score (nSPS) is 18.1. The van der Waals surface area contributed by atoms with Crippen molar-refractivity contribution in [3.63, 3.8) is 0 Å². The predicted molar refractivity (Wildman–Crippen MR) is 107 cm³/mol. The number of aromatic nitrogens is 2. The van der Waals surface area contributed by atoms with Crippen LogP contribution in [0.3, 0.4) is 0 Å². The molecule has 1 N–H and O–H groups in total. The molecule has 1 aliphatic rings. The summed E-state index contributed by atoms with van der Waals surface area (Å²) < 4.78 is 0. The molecule has 0 bridgehead atoms. The number of thiophene rings is 1. The number of hydrogen-bond donors (Lipinski definition) is 1. The average Bonchev–Trinajstić information content (AvgIpc) is 3.10. The Balaban J connectivity index is 1.45. The van der Waals surface area contributed by atoms with Gasteiger partial charge in [0.25, 0.3) is 5.56 Å². The van der Waals surface area contributed by atoms with Gasteiger partial charge < -0.3 is 4.98 Å². The number of aromatic amines is 1. The van der Waals surface area contributed by atoms with Crippen LogP contribution in [0.2, 0.25) is 0 Å². The van der Waals surface area contributed by atoms with Crippen molar-refractivity contribution < 1.29 is 0 Å². The Morgan fingerprint density at radius 3 is 2.88 bits per heavy atom. The van der Waals surface area contributed by atoms with Gasteiger partial charge in [0, 0.05) is 34.8 Å². The highest BCUT2D eigenvalue weighted by atomic mass is 32.1. The molecule has 1 aromatic carbocycles. The van der Waals surface area contributed by atoms with E-state index in [-0.39, 0.29) is 5.56 Å². The third kappa shape index (κ3) is 3.94. The van der Waals surface area contributed by atoms with E-state index in [4.69, 9.17) is 0 Å². The summed E-state index contributed by atoms with van der Waals surface area (Å²) in [5.74, 6) is 1.05. The van der Waals surface area contributed by atoms with Gasteiger partial charge in [-0.2, -0.15) is 0 Å². The number of nitrogens with one attached hydrogen (secondary N) is 1. The fourth-order valence-electron chi connectivity index (χ4n) is 3.69. The summed E-state index contributed by atoms with van der Waals surface area (Å²) in [6.45, 7) is 4.89. The largest absolute Gasteiger partial charge is 0.311 e. The molecule has 0 radical (unpaired) electrons. The lowest BCUT2D eigenvalue weighted by Gasteiger charge is -2.32. The lowest BCUT2D eigenvalue weighted by Crippen LogP contribution is -2.34. The highest BCUT2D eigenvalue weighted by Crippen LogP contribution is 2.31. The monoisotopic (exact) mass is 365 g/mol. The number of piperidine rings is 1. The van der Waals surface area contributed by atoms with Crippen molar-refractivity contribution in [2.75, 3.05) is 13.1 Å². The number of hydrogen-bond acceptors (Lipinski definition) is 4. The summed E-state index contributed by atoms with van der Waals surface area (Å²) in [7, 11) is 0. The fourth-order valence-corrected chi connectivity index (χ4v) is 4.75. The predicted octanol–water partition coefficient (Wildman–Crippen LogP) is 4.19. The number of benzene rings is 1. The number of aryl methyl sites for hydroxylation is 1. The van der Waals surface area contributed by atoms with Crippen LogP contribution in [0.1, 0.15) is 35.2 Å². The van der Waals surface area contributed by atoms with Crippen LogP contribution in [0, 0.1) is 6.92 Å². The van der Waals surface area contributed by atoms with Crippen molar-refractivity contribution in [1.82, 2.24) is 14.9 Å². The van der Waals surface area contributed by atoms with Gasteiger partial charge in [-0.25, -0.2) is 4.98 Å². The number of rotatable bonds is 4. The number of nitrogens with zero attached hydrogens (tertiary/aromatic N) is 2. The minimum absolute atomic E-state index is 0.0459. The Morgan fingerprint density at radius 1 is 1.23 bits per heavy atom. The summed E-state index contributed by atoms with van der Waals surface area (Å²) in [4.78, 5) is 24.3. The zero-order chi connectivity index (χ0) is 17.9. The van der Waals surface area contributed by atoms with Gasteiger partial charge in [-0.3, -0.25) is 9.69 Å². The molecule has 0 amide bonds. The molecule has 5 heteroatoms. The Morgan fingerprint density at radius 2 is 2.08 bits per heavy atom. The van der Waals surface area contributed by atoms with E-state index in [1.54, 1.807) is 6.07 Å². The van der Waals surface area contributed by atoms with E-state index in [2.05, 4.69) is 57.3 Å². The molecule has 4 rings (SSSR count). The van der Waals surface area contributed by atoms with Crippen LogP contribution in [0.4, 0.5) is 0 Å². The van der Waals surface area contributed by atoms with Gasteiger partial charge in [0.2, 0.25) is 0 Å². The molecule has 1 fully saturated rings. The molecule has 1 saturated heterocycles. The minimum atomic E-state index is -0.0459. The first-order valence-electron chi connectivity index (χ1n) is 9.12. The lowest BCUT2D eigenvalue weighted by molar-refractivity contribution is 0.200. The van der Waals surface area contributed by atoms with Gasteiger partial charge in [0.15, 0.2) is 0 Å². The maximum Gasteiger partial charge on any atom is 0.251 e. The molecule has 0 unspecified atom stereocenters. The van der Waals surface area contributed by atoms with Crippen LogP contribution < -0.4 is 5.56 Å². The van der Waals surface area contributed by atoms with Gasteiger partial charge in [-0.1, -0.05) is 30.3 Å². The van der Waals surface area contributed by atoms with E-state index >= 15 is 0 Å². The van der Waals surface area contributed by atoms with E-state index in [0.717, 1.165) is 38.2 Å². The Labute approximate surface area is 157 Å². The summed E-state index contributed by atoms with van der Waals surface area (Å²) in [6.07, 6.45) is 2.25. The molecule has 2 aromatic heterocycles. The molecule has 0 aliphatic carbocycles. The molecule has 0 saturated carbocycles. The topological polar surface area (TPSA) is 49.0 Å². The molecule has 0 spiro atoms. The highest BCUT2D eigenvalue weighted by molar-refractivity contribution is 7.15. The Kier molecular flexibility index (Phi) is 5.00. The molecule has 134 valence electrons. The van der Waals surface area contributed by atoms with Crippen molar-refractivity contribution in [3.8, 4) is 10.4 Å². The first kappa shape index (κ1) is 17.2. The second-order valence-electron chi connectivity index (χ2n) is 6.96. The molecular weight excluding hydrogens is 342 g/mol. The van der Waals surface area contributed by atoms with Crippen molar-refractivity contribution in [1.29, 1.82) is 0 Å². The number of likely N-dealkylation sites (tertiary alicyclic amines) is 1. The van der Waals surface area contributed by atoms with E-state index in [1.807, 2.05) is 18.3 Å². The second kappa shape index (κ2) is 7.56. The van der Waals surface area contributed by atoms with Crippen LogP contribution in [-0.4, -0.2) is 28.0 Å². The molecule has 1 atom stereocenters. The molecule has 4 nitrogen and oxygen atoms in total. The van der Waals surface area contributed by atoms with Crippen LogP contribution in [0.25, 0.3) is 10.4 Å². The van der Waals surface area contributed by atoms with Crippen molar-refractivity contribution in [3.05, 3.63) is 75.3 Å². The summed E-state index contributed by atoms with van der Waals surface area (Å²) in [5, 5.41) is 0.